The lowest BCUT2D eigenvalue weighted by atomic mass is 9.99. The van der Waals surface area contributed by atoms with Gasteiger partial charge in [-0.3, -0.25) is 9.59 Å². The lowest BCUT2D eigenvalue weighted by molar-refractivity contribution is -0.305. The molecule has 1 rings (SSSR count). The van der Waals surface area contributed by atoms with E-state index in [-0.39, 0.29) is 26.1 Å². The molecule has 3 unspecified atom stereocenters. The smallest absolute Gasteiger partial charge is 0.306 e. The summed E-state index contributed by atoms with van der Waals surface area (Å²) in [5, 5.41) is 40.0. The zero-order valence-corrected chi connectivity index (χ0v) is 34.5. The molecule has 4 N–H and O–H groups in total. The van der Waals surface area contributed by atoms with Crippen molar-refractivity contribution >= 4 is 11.9 Å². The van der Waals surface area contributed by atoms with E-state index in [1.165, 1.54) is 0 Å². The molecule has 0 spiro atoms. The molecule has 320 valence electrons. The van der Waals surface area contributed by atoms with E-state index in [1.807, 2.05) is 30.4 Å². The molecule has 1 heterocycles. The maximum atomic E-state index is 12.7. The monoisotopic (exact) mass is 797 g/mol. The van der Waals surface area contributed by atoms with E-state index in [0.29, 0.717) is 12.8 Å². The van der Waals surface area contributed by atoms with Crippen LogP contribution in [0, 0.1) is 0 Å². The first kappa shape index (κ1) is 51.4. The van der Waals surface area contributed by atoms with Crippen molar-refractivity contribution in [1.82, 2.24) is 0 Å². The molecule has 0 amide bonds. The Morgan fingerprint density at radius 2 is 1.11 bits per heavy atom. The number of carbonyl (C=O) groups is 2. The minimum atomic E-state index is -1.62. The number of rotatable bonds is 32. The summed E-state index contributed by atoms with van der Waals surface area (Å²) < 4.78 is 22.0. The predicted octanol–water partition coefficient (Wildman–Crippen LogP) is 8.55. The number of allylic oxidation sites excluding steroid dienone is 18. The molecule has 0 aliphatic carbocycles. The number of unbranched alkanes of at least 4 members (excludes halogenated alkanes) is 5. The second kappa shape index (κ2) is 36.7. The molecule has 0 saturated carbocycles. The molecule has 0 aromatic carbocycles. The third kappa shape index (κ3) is 28.4. The van der Waals surface area contributed by atoms with Crippen molar-refractivity contribution in [2.75, 3.05) is 19.8 Å². The third-order valence-corrected chi connectivity index (χ3v) is 8.73. The van der Waals surface area contributed by atoms with E-state index < -0.39 is 55.4 Å². The van der Waals surface area contributed by atoms with Crippen LogP contribution in [0.4, 0.5) is 0 Å². The van der Waals surface area contributed by atoms with Gasteiger partial charge in [0.2, 0.25) is 0 Å². The van der Waals surface area contributed by atoms with E-state index in [0.717, 1.165) is 77.0 Å². The number of carbonyl (C=O) groups excluding carboxylic acids is 2. The fourth-order valence-corrected chi connectivity index (χ4v) is 5.45. The van der Waals surface area contributed by atoms with E-state index in [4.69, 9.17) is 18.9 Å². The van der Waals surface area contributed by atoms with Gasteiger partial charge in [0.1, 0.15) is 31.0 Å². The van der Waals surface area contributed by atoms with Crippen LogP contribution in [0.5, 0.6) is 0 Å². The summed E-state index contributed by atoms with van der Waals surface area (Å²) in [6.07, 6.45) is 42.5. The zero-order chi connectivity index (χ0) is 41.6. The number of ether oxygens (including phenoxy) is 4. The van der Waals surface area contributed by atoms with Gasteiger partial charge in [0, 0.05) is 12.8 Å². The largest absolute Gasteiger partial charge is 0.462 e. The minimum Gasteiger partial charge on any atom is -0.462 e. The summed E-state index contributed by atoms with van der Waals surface area (Å²) in [5.74, 6) is -0.944. The molecule has 0 aromatic heterocycles. The number of hydrogen-bond acceptors (Lipinski definition) is 10. The number of aliphatic hydroxyl groups excluding tert-OH is 4. The summed E-state index contributed by atoms with van der Waals surface area (Å²) >= 11 is 0. The van der Waals surface area contributed by atoms with Gasteiger partial charge in [-0.25, -0.2) is 0 Å². The molecule has 6 atom stereocenters. The Kier molecular flexibility index (Phi) is 33.1. The molecule has 57 heavy (non-hydrogen) atoms. The number of hydrogen-bond donors (Lipinski definition) is 4. The molecule has 0 bridgehead atoms. The molecule has 1 aliphatic heterocycles. The first-order chi connectivity index (χ1) is 27.8. The van der Waals surface area contributed by atoms with Crippen molar-refractivity contribution in [3.8, 4) is 0 Å². The van der Waals surface area contributed by atoms with Gasteiger partial charge in [0.15, 0.2) is 12.4 Å². The standard InChI is InChI=1S/C47H72O10/c1-3-5-7-9-11-13-15-17-18-19-20-21-22-24-25-27-29-31-33-35-42(49)54-38-40(39-55-47-46(53)45(52)44(51)41(37-48)57-47)56-43(50)36-34-32-30-28-26-23-16-14-12-10-8-6-4-2/h5-8,10-14,16-18,20-21,24-25,29,31,40-41,44-48,51-53H,3-4,9,15,19,22-23,26-28,30,32-39H2,1-2H3/b7-5+,8-6+,12-10+,13-11+,16-14+,18-17+,21-20+,25-24+,31-29+/t40?,41-,44+,45?,46?,47-/m0/s1. The van der Waals surface area contributed by atoms with Gasteiger partial charge in [0.25, 0.3) is 0 Å². The van der Waals surface area contributed by atoms with Crippen molar-refractivity contribution in [2.24, 2.45) is 0 Å². The van der Waals surface area contributed by atoms with Crippen molar-refractivity contribution < 1.29 is 49.0 Å². The van der Waals surface area contributed by atoms with Crippen molar-refractivity contribution in [3.63, 3.8) is 0 Å². The SMILES string of the molecule is CC/C=C/C=C/C=C/CCCCCCCC(=O)OC(COC(=O)CC/C=C/C/C=C/C/C=C/C/C=C/C/C=C/C/C=C/CC)CO[C@H]1O[C@@H](CO)[C@@H](O)C(O)C1O. The van der Waals surface area contributed by atoms with Gasteiger partial charge in [-0.05, 0) is 70.6 Å². The quantitative estimate of drug-likeness (QED) is 0.0226. The molecule has 0 radical (unpaired) electrons. The normalized spacial score (nSPS) is 21.4. The highest BCUT2D eigenvalue weighted by atomic mass is 16.7. The molecule has 1 fully saturated rings. The van der Waals surface area contributed by atoms with Gasteiger partial charge in [-0.1, -0.05) is 142 Å². The third-order valence-electron chi connectivity index (χ3n) is 8.73. The molecule has 1 aliphatic rings. The summed E-state index contributed by atoms with van der Waals surface area (Å²) in [6.45, 7) is 3.04. The van der Waals surface area contributed by atoms with Gasteiger partial charge < -0.3 is 39.4 Å². The topological polar surface area (TPSA) is 152 Å². The summed E-state index contributed by atoms with van der Waals surface area (Å²) in [6, 6.07) is 0. The highest BCUT2D eigenvalue weighted by molar-refractivity contribution is 5.70. The average molecular weight is 797 g/mol. The Morgan fingerprint density at radius 3 is 1.70 bits per heavy atom. The van der Waals surface area contributed by atoms with E-state index in [1.54, 1.807) is 0 Å². The Bertz CT molecular complexity index is 1290. The Hall–Kier alpha value is -3.64. The molecular weight excluding hydrogens is 725 g/mol. The minimum absolute atomic E-state index is 0.138. The second-order valence-electron chi connectivity index (χ2n) is 13.7. The highest BCUT2D eigenvalue weighted by Crippen LogP contribution is 2.22. The Balaban J connectivity index is 2.43. The predicted molar refractivity (Wildman–Crippen MR) is 228 cm³/mol. The Labute approximate surface area is 342 Å². The van der Waals surface area contributed by atoms with Gasteiger partial charge in [-0.15, -0.1) is 0 Å². The number of aliphatic hydroxyl groups is 4. The number of esters is 2. The van der Waals surface area contributed by atoms with E-state index in [2.05, 4.69) is 92.8 Å². The lowest BCUT2D eigenvalue weighted by Crippen LogP contribution is -2.59. The van der Waals surface area contributed by atoms with Gasteiger partial charge in [-0.2, -0.15) is 0 Å². The average Bonchev–Trinajstić information content (AvgIpc) is 3.21. The summed E-state index contributed by atoms with van der Waals surface area (Å²) in [7, 11) is 0. The van der Waals surface area contributed by atoms with Crippen LogP contribution in [0.2, 0.25) is 0 Å². The highest BCUT2D eigenvalue weighted by Gasteiger charge is 2.44. The van der Waals surface area contributed by atoms with Crippen LogP contribution in [0.15, 0.2) is 109 Å². The molecule has 1 saturated heterocycles. The maximum Gasteiger partial charge on any atom is 0.306 e. The first-order valence-electron chi connectivity index (χ1n) is 21.0. The summed E-state index contributed by atoms with van der Waals surface area (Å²) in [5.41, 5.74) is 0. The Morgan fingerprint density at radius 1 is 0.561 bits per heavy atom. The van der Waals surface area contributed by atoms with Crippen LogP contribution >= 0.6 is 0 Å². The summed E-state index contributed by atoms with van der Waals surface area (Å²) in [4.78, 5) is 25.2. The van der Waals surface area contributed by atoms with Crippen LogP contribution < -0.4 is 0 Å². The van der Waals surface area contributed by atoms with Crippen molar-refractivity contribution in [1.29, 1.82) is 0 Å². The van der Waals surface area contributed by atoms with Crippen LogP contribution in [0.3, 0.4) is 0 Å². The second-order valence-corrected chi connectivity index (χ2v) is 13.7. The van der Waals surface area contributed by atoms with E-state index >= 15 is 0 Å². The van der Waals surface area contributed by atoms with Crippen LogP contribution in [-0.2, 0) is 28.5 Å². The molecular formula is C47H72O10. The van der Waals surface area contributed by atoms with Crippen molar-refractivity contribution in [3.05, 3.63) is 109 Å². The van der Waals surface area contributed by atoms with Gasteiger partial charge >= 0.3 is 11.9 Å². The lowest BCUT2D eigenvalue weighted by Gasteiger charge is -2.39. The molecule has 10 nitrogen and oxygen atoms in total. The zero-order valence-electron chi connectivity index (χ0n) is 34.5. The molecule has 10 heteroatoms. The fraction of sp³-hybridized carbons (Fsp3) is 0.574. The molecule has 0 aromatic rings. The fourth-order valence-electron chi connectivity index (χ4n) is 5.45. The van der Waals surface area contributed by atoms with Crippen LogP contribution in [0.1, 0.15) is 117 Å². The van der Waals surface area contributed by atoms with Gasteiger partial charge in [0.05, 0.1) is 13.2 Å². The first-order valence-corrected chi connectivity index (χ1v) is 21.0. The van der Waals surface area contributed by atoms with E-state index in [9.17, 15) is 30.0 Å². The van der Waals surface area contributed by atoms with Crippen molar-refractivity contribution in [2.45, 2.75) is 153 Å². The van der Waals surface area contributed by atoms with Crippen LogP contribution in [-0.4, -0.2) is 89.0 Å². The maximum absolute atomic E-state index is 12.7. The van der Waals surface area contributed by atoms with Crippen LogP contribution in [0.25, 0.3) is 0 Å².